The van der Waals surface area contributed by atoms with E-state index in [1.807, 2.05) is 0 Å². The van der Waals surface area contributed by atoms with Crippen molar-refractivity contribution in [3.63, 3.8) is 0 Å². The Kier molecular flexibility index (Phi) is 18.5. The Morgan fingerprint density at radius 1 is 1.00 bits per heavy atom. The van der Waals surface area contributed by atoms with Crippen molar-refractivity contribution in [3.05, 3.63) is 0 Å². The fourth-order valence-electron chi connectivity index (χ4n) is 0. The van der Waals surface area contributed by atoms with Crippen LogP contribution in [-0.4, -0.2) is 22.2 Å². The van der Waals surface area contributed by atoms with E-state index in [0.29, 0.717) is 0 Å². The van der Waals surface area contributed by atoms with E-state index >= 15 is 0 Å². The van der Waals surface area contributed by atoms with Crippen molar-refractivity contribution >= 4 is 11.9 Å². The number of hydrogen-bond donors (Lipinski definition) is 2. The molecular weight excluding hydrogens is 177 g/mol. The molecule has 0 atom stereocenters. The molecule has 0 unspecified atom stereocenters. The van der Waals surface area contributed by atoms with Gasteiger partial charge in [0.1, 0.15) is 0 Å². The predicted octanol–water partition coefficient (Wildman–Crippen LogP) is 0.179. The quantitative estimate of drug-likeness (QED) is 0.528. The minimum atomic E-state index is -0.833. The van der Waals surface area contributed by atoms with Gasteiger partial charge < -0.3 is 10.2 Å². The molecule has 0 aromatic carbocycles. The van der Waals surface area contributed by atoms with Crippen LogP contribution in [-0.2, 0) is 29.1 Å². The molecule has 0 spiro atoms. The summed E-state index contributed by atoms with van der Waals surface area (Å²) in [5.41, 5.74) is 0. The summed E-state index contributed by atoms with van der Waals surface area (Å²) in [7, 11) is 0. The molecule has 0 radical (unpaired) electrons. The smallest absolute Gasteiger partial charge is 0.300 e. The second kappa shape index (κ2) is 10.5. The molecule has 0 aromatic heterocycles. The summed E-state index contributed by atoms with van der Waals surface area (Å²) in [6, 6.07) is 0. The van der Waals surface area contributed by atoms with E-state index < -0.39 is 11.9 Å². The van der Waals surface area contributed by atoms with Gasteiger partial charge in [0.2, 0.25) is 0 Å². The SMILES string of the molecule is CC(=O)O.CC(=O)O.[Zn]. The molecular formula is C4H8O4Zn. The predicted molar refractivity (Wildman–Crippen MR) is 26.6 cm³/mol. The van der Waals surface area contributed by atoms with Crippen molar-refractivity contribution in [1.82, 2.24) is 0 Å². The zero-order valence-corrected chi connectivity index (χ0v) is 8.39. The molecule has 9 heavy (non-hydrogen) atoms. The Morgan fingerprint density at radius 2 is 1.00 bits per heavy atom. The van der Waals surface area contributed by atoms with Crippen molar-refractivity contribution in [2.75, 3.05) is 0 Å². The molecule has 0 heterocycles. The molecule has 2 N–H and O–H groups in total. The normalized spacial score (nSPS) is 5.56. The van der Waals surface area contributed by atoms with Crippen LogP contribution in [0.25, 0.3) is 0 Å². The van der Waals surface area contributed by atoms with Gasteiger partial charge in [0, 0.05) is 33.3 Å². The maximum Gasteiger partial charge on any atom is 0.300 e. The van der Waals surface area contributed by atoms with Crippen LogP contribution in [0.2, 0.25) is 0 Å². The molecule has 0 fully saturated rings. The van der Waals surface area contributed by atoms with E-state index in [0.717, 1.165) is 13.8 Å². The Balaban J connectivity index is -0.0000000720. The van der Waals surface area contributed by atoms with Crippen molar-refractivity contribution in [2.24, 2.45) is 0 Å². The zero-order chi connectivity index (χ0) is 7.15. The van der Waals surface area contributed by atoms with Crippen LogP contribution in [0.4, 0.5) is 0 Å². The molecule has 0 aliphatic heterocycles. The van der Waals surface area contributed by atoms with Crippen molar-refractivity contribution < 1.29 is 39.3 Å². The van der Waals surface area contributed by atoms with Crippen molar-refractivity contribution in [3.8, 4) is 0 Å². The van der Waals surface area contributed by atoms with Gasteiger partial charge >= 0.3 is 0 Å². The number of carboxylic acid groups (broad SMARTS) is 2. The topological polar surface area (TPSA) is 74.6 Å². The number of carboxylic acids is 2. The van der Waals surface area contributed by atoms with Gasteiger partial charge in [-0.2, -0.15) is 0 Å². The fraction of sp³-hybridized carbons (Fsp3) is 0.500. The second-order valence-electron chi connectivity index (χ2n) is 1.04. The maximum absolute atomic E-state index is 9.00. The van der Waals surface area contributed by atoms with Crippen LogP contribution in [0.15, 0.2) is 0 Å². The Morgan fingerprint density at radius 3 is 1.00 bits per heavy atom. The minimum Gasteiger partial charge on any atom is -0.481 e. The van der Waals surface area contributed by atoms with E-state index in [9.17, 15) is 0 Å². The summed E-state index contributed by atoms with van der Waals surface area (Å²) in [5, 5.41) is 14.8. The van der Waals surface area contributed by atoms with E-state index in [1.54, 1.807) is 0 Å². The average molecular weight is 185 g/mol. The number of carbonyl (C=O) groups is 2. The van der Waals surface area contributed by atoms with Gasteiger partial charge in [-0.3, -0.25) is 9.59 Å². The van der Waals surface area contributed by atoms with Crippen LogP contribution >= 0.6 is 0 Å². The van der Waals surface area contributed by atoms with Gasteiger partial charge in [0.05, 0.1) is 0 Å². The van der Waals surface area contributed by atoms with Crippen molar-refractivity contribution in [2.45, 2.75) is 13.8 Å². The molecule has 0 rings (SSSR count). The second-order valence-corrected chi connectivity index (χ2v) is 1.04. The third kappa shape index (κ3) is 1230. The van der Waals surface area contributed by atoms with Gasteiger partial charge in [0.25, 0.3) is 11.9 Å². The molecule has 0 saturated heterocycles. The zero-order valence-electron chi connectivity index (χ0n) is 5.42. The first-order chi connectivity index (χ1) is 3.46. The van der Waals surface area contributed by atoms with Crippen LogP contribution in [0.1, 0.15) is 13.8 Å². The molecule has 0 bridgehead atoms. The van der Waals surface area contributed by atoms with Gasteiger partial charge in [0.15, 0.2) is 0 Å². The van der Waals surface area contributed by atoms with E-state index in [2.05, 4.69) is 0 Å². The van der Waals surface area contributed by atoms with Gasteiger partial charge in [-0.1, -0.05) is 0 Å². The van der Waals surface area contributed by atoms with Crippen LogP contribution in [0.3, 0.4) is 0 Å². The number of rotatable bonds is 0. The van der Waals surface area contributed by atoms with Crippen molar-refractivity contribution in [1.29, 1.82) is 0 Å². The van der Waals surface area contributed by atoms with E-state index in [1.165, 1.54) is 0 Å². The Labute approximate surface area is 65.6 Å². The first kappa shape index (κ1) is 15.8. The van der Waals surface area contributed by atoms with Gasteiger partial charge in [-0.25, -0.2) is 0 Å². The molecule has 4 nitrogen and oxygen atoms in total. The van der Waals surface area contributed by atoms with E-state index in [-0.39, 0.29) is 19.5 Å². The fourth-order valence-corrected chi connectivity index (χ4v) is 0. The summed E-state index contributed by atoms with van der Waals surface area (Å²) in [5.74, 6) is -1.67. The summed E-state index contributed by atoms with van der Waals surface area (Å²) < 4.78 is 0. The van der Waals surface area contributed by atoms with Crippen LogP contribution in [0, 0.1) is 0 Å². The average Bonchev–Trinajstić information content (AvgIpc) is 1.25. The first-order valence-corrected chi connectivity index (χ1v) is 1.86. The van der Waals surface area contributed by atoms with Gasteiger partial charge in [-0.05, 0) is 0 Å². The third-order valence-electron chi connectivity index (χ3n) is 0. The maximum atomic E-state index is 9.00. The minimum absolute atomic E-state index is 0. The molecule has 5 heteroatoms. The first-order valence-electron chi connectivity index (χ1n) is 1.86. The monoisotopic (exact) mass is 184 g/mol. The summed E-state index contributed by atoms with van der Waals surface area (Å²) in [4.78, 5) is 18.0. The van der Waals surface area contributed by atoms with Gasteiger partial charge in [-0.15, -0.1) is 0 Å². The molecule has 0 aliphatic carbocycles. The third-order valence-corrected chi connectivity index (χ3v) is 0. The number of hydrogen-bond acceptors (Lipinski definition) is 2. The number of aliphatic carboxylic acids is 2. The molecule has 50 valence electrons. The largest absolute Gasteiger partial charge is 0.481 e. The van der Waals surface area contributed by atoms with Crippen LogP contribution < -0.4 is 0 Å². The van der Waals surface area contributed by atoms with Crippen LogP contribution in [0.5, 0.6) is 0 Å². The summed E-state index contributed by atoms with van der Waals surface area (Å²) >= 11 is 0. The molecule has 0 amide bonds. The molecule has 0 aromatic rings. The Bertz CT molecular complexity index is 70.6. The Hall–Kier alpha value is -0.437. The molecule has 0 saturated carbocycles. The molecule has 0 aliphatic rings. The summed E-state index contributed by atoms with van der Waals surface area (Å²) in [6.45, 7) is 2.17. The standard InChI is InChI=1S/2C2H4O2.Zn/c2*1-2(3)4;/h2*1H3,(H,3,4);. The van der Waals surface area contributed by atoms with E-state index in [4.69, 9.17) is 19.8 Å². The summed E-state index contributed by atoms with van der Waals surface area (Å²) in [6.07, 6.45) is 0.